The molecule has 0 spiro atoms. The first-order valence-corrected chi connectivity index (χ1v) is 8.76. The number of oxazole rings is 1. The largest absolute Gasteiger partial charge is 0.496 e. The first-order valence-electron chi connectivity index (χ1n) is 8.76. The minimum atomic E-state index is 0.620. The predicted molar refractivity (Wildman–Crippen MR) is 109 cm³/mol. The van der Waals surface area contributed by atoms with E-state index in [4.69, 9.17) is 9.15 Å². The molecule has 0 aliphatic heterocycles. The Morgan fingerprint density at radius 2 is 1.52 bits per heavy atom. The van der Waals surface area contributed by atoms with Gasteiger partial charge in [-0.15, -0.1) is 0 Å². The highest BCUT2D eigenvalue weighted by Crippen LogP contribution is 2.26. The fourth-order valence-electron chi connectivity index (χ4n) is 2.87. The van der Waals surface area contributed by atoms with Gasteiger partial charge in [0.2, 0.25) is 5.89 Å². The molecule has 1 aromatic heterocycles. The Labute approximate surface area is 158 Å². The summed E-state index contributed by atoms with van der Waals surface area (Å²) in [5.41, 5.74) is 4.11. The van der Waals surface area contributed by atoms with Gasteiger partial charge in [-0.1, -0.05) is 72.8 Å². The second-order valence-corrected chi connectivity index (χ2v) is 6.09. The molecule has 0 N–H and O–H groups in total. The average molecular weight is 353 g/mol. The second-order valence-electron chi connectivity index (χ2n) is 6.09. The van der Waals surface area contributed by atoms with Crippen LogP contribution in [0, 0.1) is 0 Å². The highest BCUT2D eigenvalue weighted by Gasteiger charge is 2.08. The Kier molecular flexibility index (Phi) is 4.84. The molecule has 0 unspecified atom stereocenters. The van der Waals surface area contributed by atoms with E-state index in [1.165, 1.54) is 0 Å². The Hall–Kier alpha value is -3.59. The summed E-state index contributed by atoms with van der Waals surface area (Å²) in [6.07, 6.45) is 5.87. The first kappa shape index (κ1) is 16.9. The van der Waals surface area contributed by atoms with Crippen LogP contribution in [0.5, 0.6) is 5.75 Å². The number of benzene rings is 3. The summed E-state index contributed by atoms with van der Waals surface area (Å²) in [6, 6.07) is 26.1. The van der Waals surface area contributed by atoms with Crippen LogP contribution in [0.2, 0.25) is 0 Å². The van der Waals surface area contributed by atoms with Gasteiger partial charge in [0.15, 0.2) is 5.76 Å². The van der Waals surface area contributed by atoms with E-state index >= 15 is 0 Å². The SMILES string of the molecule is COc1ccccc1C=Cc1ccc(-c2ncc(-c3ccccc3)o2)cc1. The zero-order valence-electron chi connectivity index (χ0n) is 15.0. The Morgan fingerprint density at radius 1 is 0.778 bits per heavy atom. The lowest BCUT2D eigenvalue weighted by molar-refractivity contribution is 0.414. The summed E-state index contributed by atoms with van der Waals surface area (Å²) >= 11 is 0. The quantitative estimate of drug-likeness (QED) is 0.401. The van der Waals surface area contributed by atoms with Crippen molar-refractivity contribution in [1.29, 1.82) is 0 Å². The molecule has 0 saturated heterocycles. The summed E-state index contributed by atoms with van der Waals surface area (Å²) < 4.78 is 11.3. The highest BCUT2D eigenvalue weighted by molar-refractivity contribution is 5.73. The van der Waals surface area contributed by atoms with E-state index in [0.717, 1.165) is 33.8 Å². The molecule has 0 aliphatic carbocycles. The zero-order valence-corrected chi connectivity index (χ0v) is 15.0. The third-order valence-corrected chi connectivity index (χ3v) is 4.32. The van der Waals surface area contributed by atoms with E-state index in [1.54, 1.807) is 13.3 Å². The molecule has 0 amide bonds. The number of hydrogen-bond acceptors (Lipinski definition) is 3. The lowest BCUT2D eigenvalue weighted by Crippen LogP contribution is -1.85. The van der Waals surface area contributed by atoms with E-state index in [2.05, 4.69) is 11.1 Å². The number of nitrogens with zero attached hydrogens (tertiary/aromatic N) is 1. The van der Waals surface area contributed by atoms with Crippen LogP contribution in [0.4, 0.5) is 0 Å². The van der Waals surface area contributed by atoms with Crippen molar-refractivity contribution in [1.82, 2.24) is 4.98 Å². The molecule has 4 rings (SSSR count). The summed E-state index contributed by atoms with van der Waals surface area (Å²) in [6.45, 7) is 0. The van der Waals surface area contributed by atoms with Crippen molar-refractivity contribution in [3.8, 4) is 28.5 Å². The van der Waals surface area contributed by atoms with Gasteiger partial charge in [0.1, 0.15) is 5.75 Å². The van der Waals surface area contributed by atoms with E-state index in [9.17, 15) is 0 Å². The van der Waals surface area contributed by atoms with Crippen LogP contribution < -0.4 is 4.74 Å². The molecule has 0 aliphatic rings. The number of ether oxygens (including phenoxy) is 1. The number of hydrogen-bond donors (Lipinski definition) is 0. The van der Waals surface area contributed by atoms with Gasteiger partial charge in [0.25, 0.3) is 0 Å². The normalized spacial score (nSPS) is 11.0. The van der Waals surface area contributed by atoms with Gasteiger partial charge in [0, 0.05) is 16.7 Å². The van der Waals surface area contributed by atoms with Crippen molar-refractivity contribution in [2.24, 2.45) is 0 Å². The van der Waals surface area contributed by atoms with Crippen molar-refractivity contribution < 1.29 is 9.15 Å². The molecule has 3 heteroatoms. The van der Waals surface area contributed by atoms with E-state index < -0.39 is 0 Å². The minimum Gasteiger partial charge on any atom is -0.496 e. The van der Waals surface area contributed by atoms with Crippen LogP contribution in [0.15, 0.2) is 89.5 Å². The van der Waals surface area contributed by atoms with Crippen LogP contribution >= 0.6 is 0 Å². The molecule has 1 heterocycles. The fraction of sp³-hybridized carbons (Fsp3) is 0.0417. The lowest BCUT2D eigenvalue weighted by atomic mass is 10.1. The molecular formula is C24H19NO2. The summed E-state index contributed by atoms with van der Waals surface area (Å²) in [5, 5.41) is 0. The molecule has 3 nitrogen and oxygen atoms in total. The van der Waals surface area contributed by atoms with Crippen molar-refractivity contribution in [2.75, 3.05) is 7.11 Å². The topological polar surface area (TPSA) is 35.3 Å². The highest BCUT2D eigenvalue weighted by atomic mass is 16.5. The van der Waals surface area contributed by atoms with Gasteiger partial charge in [-0.05, 0) is 23.8 Å². The molecule has 4 aromatic rings. The number of aromatic nitrogens is 1. The van der Waals surface area contributed by atoms with Gasteiger partial charge in [-0.3, -0.25) is 0 Å². The summed E-state index contributed by atoms with van der Waals surface area (Å²) in [4.78, 5) is 4.41. The molecule has 3 aromatic carbocycles. The second kappa shape index (κ2) is 7.75. The van der Waals surface area contributed by atoms with Gasteiger partial charge in [0.05, 0.1) is 13.3 Å². The molecule has 132 valence electrons. The van der Waals surface area contributed by atoms with Crippen LogP contribution in [-0.4, -0.2) is 12.1 Å². The van der Waals surface area contributed by atoms with Gasteiger partial charge in [-0.2, -0.15) is 0 Å². The number of methoxy groups -OCH3 is 1. The number of para-hydroxylation sites is 1. The van der Waals surface area contributed by atoms with Gasteiger partial charge < -0.3 is 9.15 Å². The van der Waals surface area contributed by atoms with E-state index in [1.807, 2.05) is 84.9 Å². The molecule has 0 radical (unpaired) electrons. The van der Waals surface area contributed by atoms with Crippen molar-refractivity contribution in [2.45, 2.75) is 0 Å². The smallest absolute Gasteiger partial charge is 0.226 e. The van der Waals surface area contributed by atoms with Crippen molar-refractivity contribution >= 4 is 12.2 Å². The lowest BCUT2D eigenvalue weighted by Gasteiger charge is -2.03. The molecule has 0 atom stereocenters. The number of rotatable bonds is 5. The van der Waals surface area contributed by atoms with Crippen LogP contribution in [0.1, 0.15) is 11.1 Å². The van der Waals surface area contributed by atoms with Crippen molar-refractivity contribution in [3.63, 3.8) is 0 Å². The summed E-state index contributed by atoms with van der Waals surface area (Å²) in [7, 11) is 1.68. The molecule has 27 heavy (non-hydrogen) atoms. The van der Waals surface area contributed by atoms with Crippen molar-refractivity contribution in [3.05, 3.63) is 96.2 Å². The van der Waals surface area contributed by atoms with Gasteiger partial charge in [-0.25, -0.2) is 4.98 Å². The van der Waals surface area contributed by atoms with E-state index in [0.29, 0.717) is 5.89 Å². The maximum absolute atomic E-state index is 5.91. The first-order chi connectivity index (χ1) is 13.3. The predicted octanol–water partition coefficient (Wildman–Crippen LogP) is 6.19. The molecular weight excluding hydrogens is 334 g/mol. The van der Waals surface area contributed by atoms with Crippen LogP contribution in [-0.2, 0) is 0 Å². The van der Waals surface area contributed by atoms with Crippen LogP contribution in [0.3, 0.4) is 0 Å². The molecule has 0 saturated carbocycles. The Bertz CT molecular complexity index is 1050. The van der Waals surface area contributed by atoms with Crippen LogP contribution in [0.25, 0.3) is 34.9 Å². The molecule has 0 fully saturated rings. The maximum Gasteiger partial charge on any atom is 0.226 e. The maximum atomic E-state index is 5.91. The fourth-order valence-corrected chi connectivity index (χ4v) is 2.87. The standard InChI is InChI=1S/C24H19NO2/c1-26-22-10-6-5-9-20(22)14-11-18-12-15-21(16-13-18)24-25-17-23(27-24)19-7-3-2-4-8-19/h2-17H,1H3. The molecule has 0 bridgehead atoms. The third-order valence-electron chi connectivity index (χ3n) is 4.32. The Morgan fingerprint density at radius 3 is 2.30 bits per heavy atom. The van der Waals surface area contributed by atoms with Gasteiger partial charge >= 0.3 is 0 Å². The van der Waals surface area contributed by atoms with E-state index in [-0.39, 0.29) is 0 Å². The Balaban J connectivity index is 1.53. The average Bonchev–Trinajstić information content (AvgIpc) is 3.24. The minimum absolute atomic E-state index is 0.620. The summed E-state index contributed by atoms with van der Waals surface area (Å²) in [5.74, 6) is 2.25. The zero-order chi connectivity index (χ0) is 18.5. The third kappa shape index (κ3) is 3.82. The monoisotopic (exact) mass is 353 g/mol.